The highest BCUT2D eigenvalue weighted by atomic mass is 15.3. The van der Waals surface area contributed by atoms with Crippen molar-refractivity contribution >= 4 is 6.08 Å². The summed E-state index contributed by atoms with van der Waals surface area (Å²) in [5.41, 5.74) is 1.32. The van der Waals surface area contributed by atoms with Crippen LogP contribution in [0.3, 0.4) is 0 Å². The van der Waals surface area contributed by atoms with Gasteiger partial charge in [0.1, 0.15) is 26.2 Å². The van der Waals surface area contributed by atoms with Gasteiger partial charge in [0, 0.05) is 0 Å². The van der Waals surface area contributed by atoms with Gasteiger partial charge in [-0.2, -0.15) is 0 Å². The second-order valence-electron chi connectivity index (χ2n) is 7.55. The molecular weight excluding hydrogens is 280 g/mol. The van der Waals surface area contributed by atoms with Crippen molar-refractivity contribution < 1.29 is 9.80 Å². The zero-order valence-corrected chi connectivity index (χ0v) is 14.8. The van der Waals surface area contributed by atoms with Crippen molar-refractivity contribution in [2.45, 2.75) is 45.1 Å². The number of benzene rings is 1. The van der Waals surface area contributed by atoms with Crippen molar-refractivity contribution in [2.24, 2.45) is 5.92 Å². The Hall–Kier alpha value is -1.12. The van der Waals surface area contributed by atoms with Gasteiger partial charge in [-0.25, -0.2) is 0 Å². The van der Waals surface area contributed by atoms with Crippen molar-refractivity contribution in [2.75, 3.05) is 32.7 Å². The summed E-state index contributed by atoms with van der Waals surface area (Å²) in [7, 11) is 0. The molecule has 3 rings (SSSR count). The Morgan fingerprint density at radius 2 is 1.65 bits per heavy atom. The average molecular weight is 315 g/mol. The maximum Gasteiger partial charge on any atom is 0.127 e. The zero-order valence-electron chi connectivity index (χ0n) is 14.8. The summed E-state index contributed by atoms with van der Waals surface area (Å²) in [6, 6.07) is 11.6. The number of hydrogen-bond donors (Lipinski definition) is 2. The quantitative estimate of drug-likeness (QED) is 0.814. The molecular formula is C21H34N2+2. The molecule has 23 heavy (non-hydrogen) atoms. The zero-order chi connectivity index (χ0) is 15.9. The Labute approximate surface area is 142 Å². The monoisotopic (exact) mass is 314 g/mol. The van der Waals surface area contributed by atoms with Gasteiger partial charge in [0.2, 0.25) is 0 Å². The van der Waals surface area contributed by atoms with Crippen molar-refractivity contribution in [1.82, 2.24) is 0 Å². The van der Waals surface area contributed by atoms with E-state index in [-0.39, 0.29) is 0 Å². The first kappa shape index (κ1) is 16.7. The molecule has 1 aliphatic carbocycles. The largest absolute Gasteiger partial charge is 0.323 e. The van der Waals surface area contributed by atoms with E-state index >= 15 is 0 Å². The van der Waals surface area contributed by atoms with Gasteiger partial charge in [0.25, 0.3) is 0 Å². The fourth-order valence-electron chi connectivity index (χ4n) is 4.44. The Kier molecular flexibility index (Phi) is 6.29. The Balaban J connectivity index is 1.38. The van der Waals surface area contributed by atoms with E-state index < -0.39 is 0 Å². The van der Waals surface area contributed by atoms with Crippen molar-refractivity contribution in [3.63, 3.8) is 0 Å². The Bertz CT molecular complexity index is 466. The van der Waals surface area contributed by atoms with Crippen LogP contribution in [0.1, 0.15) is 44.6 Å². The predicted molar refractivity (Wildman–Crippen MR) is 97.8 cm³/mol. The summed E-state index contributed by atoms with van der Waals surface area (Å²) in [4.78, 5) is 3.68. The smallest absolute Gasteiger partial charge is 0.127 e. The fraction of sp³-hybridized carbons (Fsp3) is 0.619. The molecule has 1 saturated carbocycles. The summed E-state index contributed by atoms with van der Waals surface area (Å²) >= 11 is 0. The van der Waals surface area contributed by atoms with Gasteiger partial charge in [-0.1, -0.05) is 49.8 Å². The van der Waals surface area contributed by atoms with Crippen LogP contribution < -0.4 is 9.80 Å². The van der Waals surface area contributed by atoms with Crippen LogP contribution in [-0.4, -0.2) is 38.8 Å². The van der Waals surface area contributed by atoms with Gasteiger partial charge in [-0.05, 0) is 43.2 Å². The third kappa shape index (κ3) is 4.92. The molecule has 2 N–H and O–H groups in total. The van der Waals surface area contributed by atoms with Crippen molar-refractivity contribution in [1.29, 1.82) is 0 Å². The van der Waals surface area contributed by atoms with Crippen LogP contribution in [-0.2, 0) is 0 Å². The average Bonchev–Trinajstić information content (AvgIpc) is 2.63. The lowest BCUT2D eigenvalue weighted by molar-refractivity contribution is -1.02. The summed E-state index contributed by atoms with van der Waals surface area (Å²) in [6.45, 7) is 9.02. The van der Waals surface area contributed by atoms with Gasteiger partial charge in [-0.3, -0.25) is 0 Å². The highest BCUT2D eigenvalue weighted by Crippen LogP contribution is 2.25. The van der Waals surface area contributed by atoms with Crippen molar-refractivity contribution in [3.8, 4) is 0 Å². The van der Waals surface area contributed by atoms with Crippen LogP contribution in [0.15, 0.2) is 36.4 Å². The number of quaternary nitrogens is 2. The van der Waals surface area contributed by atoms with Crippen LogP contribution in [0, 0.1) is 5.92 Å². The lowest BCUT2D eigenvalue weighted by Crippen LogP contribution is -3.29. The van der Waals surface area contributed by atoms with E-state index in [1.165, 1.54) is 70.4 Å². The molecule has 2 fully saturated rings. The molecule has 1 aromatic rings. The first-order valence-electron chi connectivity index (χ1n) is 9.75. The van der Waals surface area contributed by atoms with E-state index in [2.05, 4.69) is 49.4 Å². The minimum atomic E-state index is 0.971. The van der Waals surface area contributed by atoms with E-state index in [0.717, 1.165) is 12.0 Å². The summed E-state index contributed by atoms with van der Waals surface area (Å²) in [6.07, 6.45) is 12.0. The van der Waals surface area contributed by atoms with Crippen LogP contribution >= 0.6 is 0 Å². The molecule has 1 saturated heterocycles. The molecule has 2 aliphatic rings. The summed E-state index contributed by atoms with van der Waals surface area (Å²) in [5, 5.41) is 0. The lowest BCUT2D eigenvalue weighted by Gasteiger charge is -2.37. The predicted octanol–water partition coefficient (Wildman–Crippen LogP) is 1.45. The van der Waals surface area contributed by atoms with Gasteiger partial charge in [-0.15, -0.1) is 0 Å². The molecule has 0 radical (unpaired) electrons. The van der Waals surface area contributed by atoms with Crippen LogP contribution in [0.4, 0.5) is 0 Å². The van der Waals surface area contributed by atoms with E-state index in [0.29, 0.717) is 0 Å². The van der Waals surface area contributed by atoms with Gasteiger partial charge >= 0.3 is 0 Å². The molecule has 126 valence electrons. The molecule has 0 amide bonds. The van der Waals surface area contributed by atoms with Gasteiger partial charge in [0.15, 0.2) is 0 Å². The molecule has 0 bridgehead atoms. The number of rotatable bonds is 5. The molecule has 2 heteroatoms. The number of piperazine rings is 1. The summed E-state index contributed by atoms with van der Waals surface area (Å²) in [5.74, 6) is 1.03. The highest BCUT2D eigenvalue weighted by molar-refractivity contribution is 5.48. The van der Waals surface area contributed by atoms with E-state index in [4.69, 9.17) is 0 Å². The van der Waals surface area contributed by atoms with Crippen molar-refractivity contribution in [3.05, 3.63) is 42.0 Å². The SMILES string of the molecule is CCC1CCC([NH+]2CC[NH+](C/C=C/c3ccccc3)CC2)CC1. The second-order valence-corrected chi connectivity index (χ2v) is 7.55. The molecule has 1 heterocycles. The van der Waals surface area contributed by atoms with Crippen LogP contribution in [0.25, 0.3) is 6.08 Å². The molecule has 0 aromatic heterocycles. The molecule has 0 atom stereocenters. The minimum Gasteiger partial charge on any atom is -0.323 e. The first-order valence-corrected chi connectivity index (χ1v) is 9.75. The van der Waals surface area contributed by atoms with Crippen LogP contribution in [0.5, 0.6) is 0 Å². The number of nitrogens with one attached hydrogen (secondary N) is 2. The molecule has 2 nitrogen and oxygen atoms in total. The third-order valence-electron chi connectivity index (χ3n) is 6.12. The highest BCUT2D eigenvalue weighted by Gasteiger charge is 2.31. The molecule has 0 unspecified atom stereocenters. The Morgan fingerprint density at radius 1 is 0.957 bits per heavy atom. The second kappa shape index (κ2) is 8.65. The fourth-order valence-corrected chi connectivity index (χ4v) is 4.44. The number of hydrogen-bond acceptors (Lipinski definition) is 0. The topological polar surface area (TPSA) is 8.88 Å². The standard InChI is InChI=1S/C21H32N2/c1-2-19-10-12-21(13-11-19)23-17-15-22(16-18-23)14-6-9-20-7-4-3-5-8-20/h3-9,19,21H,2,10-18H2,1H3/p+2/b9-6+. The lowest BCUT2D eigenvalue weighted by atomic mass is 9.84. The maximum absolute atomic E-state index is 2.36. The molecule has 1 aliphatic heterocycles. The molecule has 1 aromatic carbocycles. The van der Waals surface area contributed by atoms with Gasteiger partial charge in [0.05, 0.1) is 12.6 Å². The summed E-state index contributed by atoms with van der Waals surface area (Å²) < 4.78 is 0. The van der Waals surface area contributed by atoms with E-state index in [9.17, 15) is 0 Å². The normalized spacial score (nSPS) is 32.2. The third-order valence-corrected chi connectivity index (χ3v) is 6.12. The Morgan fingerprint density at radius 3 is 2.30 bits per heavy atom. The van der Waals surface area contributed by atoms with E-state index in [1.807, 2.05) is 4.90 Å². The van der Waals surface area contributed by atoms with Gasteiger partial charge < -0.3 is 9.80 Å². The van der Waals surface area contributed by atoms with Crippen LogP contribution in [0.2, 0.25) is 0 Å². The van der Waals surface area contributed by atoms with E-state index in [1.54, 1.807) is 4.90 Å². The minimum absolute atomic E-state index is 0.971. The molecule has 0 spiro atoms. The first-order chi connectivity index (χ1) is 11.3. The maximum atomic E-state index is 2.36.